The van der Waals surface area contributed by atoms with Crippen molar-refractivity contribution in [1.29, 1.82) is 0 Å². The van der Waals surface area contributed by atoms with Gasteiger partial charge in [-0.25, -0.2) is 4.79 Å². The highest BCUT2D eigenvalue weighted by Gasteiger charge is 2.16. The zero-order valence-corrected chi connectivity index (χ0v) is 16.7. The van der Waals surface area contributed by atoms with Gasteiger partial charge in [0.15, 0.2) is 0 Å². The van der Waals surface area contributed by atoms with Gasteiger partial charge in [0.1, 0.15) is 12.4 Å². The van der Waals surface area contributed by atoms with E-state index in [2.05, 4.69) is 37.8 Å². The highest BCUT2D eigenvalue weighted by molar-refractivity contribution is 5.87. The van der Waals surface area contributed by atoms with E-state index in [1.165, 1.54) is 44.0 Å². The first-order valence-corrected chi connectivity index (χ1v) is 9.74. The molecule has 0 saturated carbocycles. The minimum atomic E-state index is -0.327. The van der Waals surface area contributed by atoms with Gasteiger partial charge in [-0.15, -0.1) is 0 Å². The summed E-state index contributed by atoms with van der Waals surface area (Å²) in [5, 5.41) is 0. The van der Waals surface area contributed by atoms with Gasteiger partial charge in [0, 0.05) is 18.2 Å². The zero-order chi connectivity index (χ0) is 19.0. The van der Waals surface area contributed by atoms with Gasteiger partial charge >= 0.3 is 5.97 Å². The summed E-state index contributed by atoms with van der Waals surface area (Å²) in [6, 6.07) is 6.22. The third-order valence-electron chi connectivity index (χ3n) is 4.68. The third-order valence-corrected chi connectivity index (χ3v) is 4.68. The summed E-state index contributed by atoms with van der Waals surface area (Å²) in [7, 11) is 0. The molecular weight excluding hydrogens is 326 g/mol. The molecule has 0 spiro atoms. The van der Waals surface area contributed by atoms with Crippen LogP contribution in [0.5, 0.6) is 5.75 Å². The number of carbonyl (C=O) groups excluding carboxylic acids is 1. The Morgan fingerprint density at radius 2 is 1.92 bits per heavy atom. The molecule has 1 saturated heterocycles. The zero-order valence-electron chi connectivity index (χ0n) is 16.7. The lowest BCUT2D eigenvalue weighted by Crippen LogP contribution is -2.33. The topological polar surface area (TPSA) is 38.8 Å². The van der Waals surface area contributed by atoms with Crippen LogP contribution in [0.2, 0.25) is 0 Å². The lowest BCUT2D eigenvalue weighted by atomic mass is 9.86. The Hall–Kier alpha value is -1.81. The van der Waals surface area contributed by atoms with Crippen molar-refractivity contribution in [2.75, 3.05) is 32.8 Å². The molecule has 0 aliphatic carbocycles. The number of hydrogen-bond acceptors (Lipinski definition) is 4. The number of esters is 1. The van der Waals surface area contributed by atoms with Crippen molar-refractivity contribution in [3.63, 3.8) is 0 Å². The van der Waals surface area contributed by atoms with Crippen LogP contribution in [0, 0.1) is 0 Å². The number of likely N-dealkylation sites (tertiary alicyclic amines) is 1. The summed E-state index contributed by atoms with van der Waals surface area (Å²) in [5.74, 6) is 0.502. The van der Waals surface area contributed by atoms with E-state index < -0.39 is 0 Å². The summed E-state index contributed by atoms with van der Waals surface area (Å²) in [4.78, 5) is 14.1. The second-order valence-electron chi connectivity index (χ2n) is 7.84. The third kappa shape index (κ3) is 6.49. The van der Waals surface area contributed by atoms with Crippen LogP contribution >= 0.6 is 0 Å². The van der Waals surface area contributed by atoms with Crippen molar-refractivity contribution >= 4 is 12.0 Å². The van der Waals surface area contributed by atoms with Crippen LogP contribution in [0.1, 0.15) is 58.1 Å². The van der Waals surface area contributed by atoms with E-state index in [9.17, 15) is 4.79 Å². The lowest BCUT2D eigenvalue weighted by molar-refractivity contribution is -0.137. The van der Waals surface area contributed by atoms with Crippen LogP contribution in [0.4, 0.5) is 0 Å². The first kappa shape index (κ1) is 20.5. The molecule has 4 nitrogen and oxygen atoms in total. The fraction of sp³-hybridized carbons (Fsp3) is 0.591. The van der Waals surface area contributed by atoms with Gasteiger partial charge in [-0.2, -0.15) is 0 Å². The molecular formula is C22H33NO3. The van der Waals surface area contributed by atoms with E-state index in [-0.39, 0.29) is 11.4 Å². The standard InChI is InChI=1S/C22H33NO3/c1-5-25-21(24)12-10-18-9-11-19(22(2,3)4)17-20(18)26-16-15-23-13-7-6-8-14-23/h9-12,17H,5-8,13-16H2,1-4H3/b12-10+. The van der Waals surface area contributed by atoms with Crippen molar-refractivity contribution in [2.45, 2.75) is 52.4 Å². The van der Waals surface area contributed by atoms with Crippen molar-refractivity contribution < 1.29 is 14.3 Å². The Morgan fingerprint density at radius 1 is 1.19 bits per heavy atom. The van der Waals surface area contributed by atoms with E-state index in [1.807, 2.05) is 6.07 Å². The Bertz CT molecular complexity index is 610. The molecule has 144 valence electrons. The van der Waals surface area contributed by atoms with Crippen molar-refractivity contribution in [2.24, 2.45) is 0 Å². The molecule has 0 radical (unpaired) electrons. The highest BCUT2D eigenvalue weighted by Crippen LogP contribution is 2.29. The second-order valence-corrected chi connectivity index (χ2v) is 7.84. The minimum absolute atomic E-state index is 0.0500. The fourth-order valence-electron chi connectivity index (χ4n) is 3.08. The molecule has 4 heteroatoms. The van der Waals surface area contributed by atoms with E-state index >= 15 is 0 Å². The largest absolute Gasteiger partial charge is 0.492 e. The minimum Gasteiger partial charge on any atom is -0.492 e. The number of benzene rings is 1. The first-order chi connectivity index (χ1) is 12.4. The summed E-state index contributed by atoms with van der Waals surface area (Å²) in [6.45, 7) is 12.7. The van der Waals surface area contributed by atoms with Gasteiger partial charge in [-0.3, -0.25) is 4.90 Å². The van der Waals surface area contributed by atoms with Gasteiger partial charge in [0.25, 0.3) is 0 Å². The average Bonchev–Trinajstić information content (AvgIpc) is 2.61. The Morgan fingerprint density at radius 3 is 2.58 bits per heavy atom. The molecule has 1 aromatic rings. The average molecular weight is 360 g/mol. The van der Waals surface area contributed by atoms with Gasteiger partial charge in [-0.05, 0) is 56.0 Å². The molecule has 0 atom stereocenters. The fourth-order valence-corrected chi connectivity index (χ4v) is 3.08. The molecule has 1 aromatic carbocycles. The maximum absolute atomic E-state index is 11.6. The SMILES string of the molecule is CCOC(=O)/C=C/c1ccc(C(C)(C)C)cc1OCCN1CCCCC1. The maximum Gasteiger partial charge on any atom is 0.330 e. The number of piperidine rings is 1. The van der Waals surface area contributed by atoms with E-state index in [0.717, 1.165) is 17.9 Å². The van der Waals surface area contributed by atoms with Gasteiger partial charge in [0.05, 0.1) is 6.61 Å². The highest BCUT2D eigenvalue weighted by atomic mass is 16.5. The molecule has 0 N–H and O–H groups in total. The molecule has 1 heterocycles. The molecule has 1 aliphatic rings. The van der Waals surface area contributed by atoms with Crippen molar-refractivity contribution in [3.05, 3.63) is 35.4 Å². The number of rotatable bonds is 7. The molecule has 0 aromatic heterocycles. The van der Waals surface area contributed by atoms with Crippen LogP contribution < -0.4 is 4.74 Å². The number of ether oxygens (including phenoxy) is 2. The van der Waals surface area contributed by atoms with Crippen LogP contribution in [0.15, 0.2) is 24.3 Å². The normalized spacial score (nSPS) is 16.0. The summed E-state index contributed by atoms with van der Waals surface area (Å²) >= 11 is 0. The Balaban J connectivity index is 2.09. The van der Waals surface area contributed by atoms with Gasteiger partial charge in [0.2, 0.25) is 0 Å². The summed E-state index contributed by atoms with van der Waals surface area (Å²) in [5.41, 5.74) is 2.18. The quantitative estimate of drug-likeness (QED) is 0.533. The van der Waals surface area contributed by atoms with Crippen LogP contribution in [-0.2, 0) is 14.9 Å². The molecule has 0 unspecified atom stereocenters. The first-order valence-electron chi connectivity index (χ1n) is 9.74. The van der Waals surface area contributed by atoms with Gasteiger partial charge < -0.3 is 9.47 Å². The Kier molecular flexibility index (Phi) is 7.70. The predicted octanol–water partition coefficient (Wildman–Crippen LogP) is 4.43. The van der Waals surface area contributed by atoms with Crippen molar-refractivity contribution in [1.82, 2.24) is 4.90 Å². The summed E-state index contributed by atoms with van der Waals surface area (Å²) < 4.78 is 11.1. The smallest absolute Gasteiger partial charge is 0.330 e. The molecule has 26 heavy (non-hydrogen) atoms. The second kappa shape index (κ2) is 9.77. The monoisotopic (exact) mass is 359 g/mol. The van der Waals surface area contributed by atoms with Crippen LogP contribution in [-0.4, -0.2) is 43.7 Å². The summed E-state index contributed by atoms with van der Waals surface area (Å²) in [6.07, 6.45) is 7.15. The maximum atomic E-state index is 11.6. The number of nitrogens with zero attached hydrogens (tertiary/aromatic N) is 1. The van der Waals surface area contributed by atoms with Crippen molar-refractivity contribution in [3.8, 4) is 5.75 Å². The van der Waals surface area contributed by atoms with E-state index in [4.69, 9.17) is 9.47 Å². The molecule has 1 aliphatic heterocycles. The molecule has 1 fully saturated rings. The number of hydrogen-bond donors (Lipinski definition) is 0. The molecule has 0 bridgehead atoms. The van der Waals surface area contributed by atoms with Crippen LogP contribution in [0.3, 0.4) is 0 Å². The predicted molar refractivity (Wildman–Crippen MR) is 107 cm³/mol. The van der Waals surface area contributed by atoms with E-state index in [1.54, 1.807) is 13.0 Å². The number of carbonyl (C=O) groups is 1. The van der Waals surface area contributed by atoms with E-state index in [0.29, 0.717) is 13.2 Å². The molecule has 0 amide bonds. The lowest BCUT2D eigenvalue weighted by Gasteiger charge is -2.26. The van der Waals surface area contributed by atoms with Crippen LogP contribution in [0.25, 0.3) is 6.08 Å². The molecule has 2 rings (SSSR count). The Labute approximate surface area is 158 Å². The van der Waals surface area contributed by atoms with Gasteiger partial charge in [-0.1, -0.05) is 39.3 Å².